The first-order chi connectivity index (χ1) is 10.6. The fourth-order valence-corrected chi connectivity index (χ4v) is 3.96. The highest BCUT2D eigenvalue weighted by atomic mass is 16.6. The Kier molecular flexibility index (Phi) is 2.84. The molecule has 3 aliphatic rings. The Hall–Kier alpha value is -2.21. The van der Waals surface area contributed by atoms with Crippen LogP contribution >= 0.6 is 0 Å². The molecule has 6 nitrogen and oxygen atoms in total. The van der Waals surface area contributed by atoms with Gasteiger partial charge in [-0.25, -0.2) is 0 Å². The number of carbonyl (C=O) groups is 3. The zero-order chi connectivity index (χ0) is 15.4. The molecule has 2 fully saturated rings. The molecule has 0 radical (unpaired) electrons. The van der Waals surface area contributed by atoms with Gasteiger partial charge in [0.2, 0.25) is 6.29 Å². The fraction of sp³-hybridized carbons (Fsp3) is 0.438. The summed E-state index contributed by atoms with van der Waals surface area (Å²) >= 11 is 0. The van der Waals surface area contributed by atoms with Crippen LogP contribution in [-0.2, 0) is 23.9 Å². The molecule has 5 atom stereocenters. The first-order valence-electron chi connectivity index (χ1n) is 7.28. The van der Waals surface area contributed by atoms with Gasteiger partial charge in [-0.3, -0.25) is 14.4 Å². The van der Waals surface area contributed by atoms with Crippen molar-refractivity contribution in [3.63, 3.8) is 0 Å². The van der Waals surface area contributed by atoms with E-state index in [4.69, 9.17) is 9.47 Å². The van der Waals surface area contributed by atoms with E-state index in [0.717, 1.165) is 11.1 Å². The number of carbonyl (C=O) groups excluding carboxylic acids is 3. The van der Waals surface area contributed by atoms with Gasteiger partial charge < -0.3 is 14.6 Å². The van der Waals surface area contributed by atoms with Gasteiger partial charge in [-0.15, -0.1) is 0 Å². The van der Waals surface area contributed by atoms with Gasteiger partial charge in [-0.05, 0) is 23.5 Å². The summed E-state index contributed by atoms with van der Waals surface area (Å²) in [6.45, 7) is 0. The van der Waals surface area contributed by atoms with E-state index in [2.05, 4.69) is 0 Å². The molecule has 2 aliphatic heterocycles. The van der Waals surface area contributed by atoms with Crippen LogP contribution in [0.1, 0.15) is 35.8 Å². The van der Waals surface area contributed by atoms with Gasteiger partial charge in [0.15, 0.2) is 0 Å². The molecule has 0 spiro atoms. The number of fused-ring (bicyclic) bond motifs is 3. The summed E-state index contributed by atoms with van der Waals surface area (Å²) in [6.07, 6.45) is -0.680. The normalized spacial score (nSPS) is 36.6. The van der Waals surface area contributed by atoms with Crippen LogP contribution in [0.5, 0.6) is 0 Å². The van der Waals surface area contributed by atoms with Gasteiger partial charge in [0.25, 0.3) is 0 Å². The second-order valence-electron chi connectivity index (χ2n) is 6.04. The van der Waals surface area contributed by atoms with E-state index in [-0.39, 0.29) is 12.3 Å². The van der Waals surface area contributed by atoms with E-state index >= 15 is 0 Å². The summed E-state index contributed by atoms with van der Waals surface area (Å²) < 4.78 is 9.62. The molecule has 1 aromatic carbocycles. The lowest BCUT2D eigenvalue weighted by Crippen LogP contribution is -2.32. The lowest BCUT2D eigenvalue weighted by molar-refractivity contribution is -0.157. The summed E-state index contributed by atoms with van der Waals surface area (Å²) in [4.78, 5) is 35.3. The molecule has 0 saturated carbocycles. The van der Waals surface area contributed by atoms with Crippen LogP contribution in [0.3, 0.4) is 0 Å². The molecule has 1 N–H and O–H groups in total. The first-order valence-corrected chi connectivity index (χ1v) is 7.28. The molecule has 2 saturated heterocycles. The number of aliphatic hydroxyl groups excluding tert-OH is 1. The smallest absolute Gasteiger partial charge is 0.321 e. The van der Waals surface area contributed by atoms with Crippen LogP contribution in [0.25, 0.3) is 0 Å². The summed E-state index contributed by atoms with van der Waals surface area (Å²) in [6, 6.07) is 7.34. The van der Waals surface area contributed by atoms with Crippen LogP contribution in [0.2, 0.25) is 0 Å². The largest absolute Gasteiger partial charge is 0.436 e. The fourth-order valence-electron chi connectivity index (χ4n) is 3.96. The highest BCUT2D eigenvalue weighted by molar-refractivity contribution is 6.00. The second kappa shape index (κ2) is 4.64. The Morgan fingerprint density at radius 2 is 1.73 bits per heavy atom. The van der Waals surface area contributed by atoms with E-state index in [1.54, 1.807) is 6.07 Å². The van der Waals surface area contributed by atoms with Crippen molar-refractivity contribution in [3.8, 4) is 0 Å². The van der Waals surface area contributed by atoms with Gasteiger partial charge in [0.05, 0.1) is 18.3 Å². The Morgan fingerprint density at radius 1 is 1.00 bits per heavy atom. The Bertz CT molecular complexity index is 681. The van der Waals surface area contributed by atoms with Gasteiger partial charge in [0, 0.05) is 5.92 Å². The lowest BCUT2D eigenvalue weighted by Gasteiger charge is -2.34. The third-order valence-corrected chi connectivity index (χ3v) is 4.94. The molecule has 0 aromatic heterocycles. The molecular formula is C16H14O6. The standard InChI is InChI=1S/C16H14O6/c17-12-6-10(14(18)21-12)9-5-11-13(16(20)22-15(11)19)8-4-2-1-3-7(8)9/h1-4,9-11,13-14,18H,5-6H2. The minimum atomic E-state index is -1.17. The minimum absolute atomic E-state index is 0.112. The van der Waals surface area contributed by atoms with Gasteiger partial charge in [-0.2, -0.15) is 0 Å². The maximum Gasteiger partial charge on any atom is 0.321 e. The number of rotatable bonds is 1. The number of aliphatic hydroxyl groups is 1. The van der Waals surface area contributed by atoms with Crippen molar-refractivity contribution >= 4 is 17.9 Å². The molecule has 4 rings (SSSR count). The molecular weight excluding hydrogens is 288 g/mol. The number of esters is 3. The number of hydrogen-bond acceptors (Lipinski definition) is 6. The van der Waals surface area contributed by atoms with E-state index in [0.29, 0.717) is 6.42 Å². The van der Waals surface area contributed by atoms with Crippen LogP contribution in [0.15, 0.2) is 24.3 Å². The van der Waals surface area contributed by atoms with Crippen molar-refractivity contribution in [2.75, 3.05) is 0 Å². The first kappa shape index (κ1) is 13.5. The van der Waals surface area contributed by atoms with Crippen molar-refractivity contribution in [3.05, 3.63) is 35.4 Å². The molecule has 2 heterocycles. The average Bonchev–Trinajstić information content (AvgIpc) is 2.97. The number of benzene rings is 1. The van der Waals surface area contributed by atoms with E-state index in [9.17, 15) is 19.5 Å². The van der Waals surface area contributed by atoms with Crippen LogP contribution in [0, 0.1) is 11.8 Å². The predicted molar refractivity (Wildman–Crippen MR) is 71.3 cm³/mol. The molecule has 114 valence electrons. The molecule has 0 bridgehead atoms. The van der Waals surface area contributed by atoms with Crippen molar-refractivity contribution in [1.82, 2.24) is 0 Å². The van der Waals surface area contributed by atoms with Crippen LogP contribution in [0.4, 0.5) is 0 Å². The summed E-state index contributed by atoms with van der Waals surface area (Å²) in [5, 5.41) is 9.97. The Morgan fingerprint density at radius 3 is 2.41 bits per heavy atom. The molecule has 5 unspecified atom stereocenters. The number of cyclic esters (lactones) is 3. The Balaban J connectivity index is 1.79. The zero-order valence-corrected chi connectivity index (χ0v) is 11.6. The van der Waals surface area contributed by atoms with Crippen molar-refractivity contribution in [2.45, 2.75) is 31.0 Å². The highest BCUT2D eigenvalue weighted by Gasteiger charge is 2.53. The summed E-state index contributed by atoms with van der Waals surface area (Å²) in [5.74, 6) is -3.21. The SMILES string of the molecule is O=C1CC(C2CC3C(=O)OC(=O)C3c3ccccc32)C(O)O1. The average molecular weight is 302 g/mol. The van der Waals surface area contributed by atoms with Gasteiger partial charge in [0.1, 0.15) is 0 Å². The minimum Gasteiger partial charge on any atom is -0.436 e. The number of ether oxygens (including phenoxy) is 2. The lowest BCUT2D eigenvalue weighted by atomic mass is 9.67. The van der Waals surface area contributed by atoms with Crippen LogP contribution < -0.4 is 0 Å². The molecule has 1 aromatic rings. The monoisotopic (exact) mass is 302 g/mol. The highest BCUT2D eigenvalue weighted by Crippen LogP contribution is 2.51. The zero-order valence-electron chi connectivity index (χ0n) is 11.6. The van der Waals surface area contributed by atoms with Crippen molar-refractivity contribution in [1.29, 1.82) is 0 Å². The topological polar surface area (TPSA) is 89.9 Å². The van der Waals surface area contributed by atoms with E-state index in [1.807, 2.05) is 18.2 Å². The van der Waals surface area contributed by atoms with Crippen molar-refractivity contribution in [2.24, 2.45) is 11.8 Å². The molecule has 1 aliphatic carbocycles. The second-order valence-corrected chi connectivity index (χ2v) is 6.04. The number of hydrogen-bond donors (Lipinski definition) is 1. The Labute approximate surface area is 126 Å². The van der Waals surface area contributed by atoms with Gasteiger partial charge >= 0.3 is 17.9 Å². The summed E-state index contributed by atoms with van der Waals surface area (Å²) in [7, 11) is 0. The van der Waals surface area contributed by atoms with Crippen LogP contribution in [-0.4, -0.2) is 29.3 Å². The van der Waals surface area contributed by atoms with E-state index < -0.39 is 42.0 Å². The third-order valence-electron chi connectivity index (χ3n) is 4.94. The van der Waals surface area contributed by atoms with Gasteiger partial charge in [-0.1, -0.05) is 24.3 Å². The molecule has 6 heteroatoms. The third kappa shape index (κ3) is 1.80. The van der Waals surface area contributed by atoms with E-state index in [1.165, 1.54) is 0 Å². The maximum atomic E-state index is 12.0. The van der Waals surface area contributed by atoms with Crippen molar-refractivity contribution < 1.29 is 29.0 Å². The summed E-state index contributed by atoms with van der Waals surface area (Å²) in [5.41, 5.74) is 1.64. The quantitative estimate of drug-likeness (QED) is 0.610. The molecule has 0 amide bonds. The maximum absolute atomic E-state index is 12.0. The molecule has 22 heavy (non-hydrogen) atoms. The predicted octanol–water partition coefficient (Wildman–Crippen LogP) is 0.839.